The summed E-state index contributed by atoms with van der Waals surface area (Å²) in [4.78, 5) is 7.64. The van der Waals surface area contributed by atoms with Crippen LogP contribution in [0.1, 0.15) is 50.5 Å². The number of benzene rings is 1. The maximum absolute atomic E-state index is 9.85. The first kappa shape index (κ1) is 22.1. The molecule has 1 aliphatic carbocycles. The van der Waals surface area contributed by atoms with Gasteiger partial charge in [-0.3, -0.25) is 9.89 Å². The topological polar surface area (TPSA) is 69.1 Å². The Morgan fingerprint density at radius 3 is 2.52 bits per heavy atom. The smallest absolute Gasteiger partial charge is 0.191 e. The number of rotatable bonds is 8. The average molecular weight is 403 g/mol. The van der Waals surface area contributed by atoms with Crippen LogP contribution in [-0.2, 0) is 4.74 Å². The molecule has 1 unspecified atom stereocenters. The quantitative estimate of drug-likeness (QED) is 0.460. The summed E-state index contributed by atoms with van der Waals surface area (Å²) in [5.74, 6) is 0.906. The van der Waals surface area contributed by atoms with Crippen molar-refractivity contribution in [3.8, 4) is 0 Å². The number of morpholine rings is 1. The van der Waals surface area contributed by atoms with Crippen LogP contribution in [0.4, 0.5) is 0 Å². The summed E-state index contributed by atoms with van der Waals surface area (Å²) >= 11 is 0. The molecule has 2 aliphatic rings. The number of aliphatic hydroxyl groups excluding tert-OH is 1. The Hall–Kier alpha value is -1.63. The molecule has 1 aliphatic heterocycles. The molecule has 6 heteroatoms. The summed E-state index contributed by atoms with van der Waals surface area (Å²) in [6.45, 7) is 8.21. The van der Waals surface area contributed by atoms with Crippen molar-refractivity contribution in [2.45, 2.75) is 50.5 Å². The van der Waals surface area contributed by atoms with Gasteiger partial charge in [-0.2, -0.15) is 0 Å². The first-order valence-electron chi connectivity index (χ1n) is 11.3. The van der Waals surface area contributed by atoms with Crippen molar-refractivity contribution >= 4 is 5.96 Å². The van der Waals surface area contributed by atoms with E-state index in [2.05, 4.69) is 34.6 Å². The van der Waals surface area contributed by atoms with Crippen molar-refractivity contribution in [3.63, 3.8) is 0 Å². The van der Waals surface area contributed by atoms with Crippen molar-refractivity contribution < 1.29 is 9.84 Å². The van der Waals surface area contributed by atoms with Crippen LogP contribution < -0.4 is 10.6 Å². The SMILES string of the molecule is CCNC(=NCC1(N2CCOCC2)CCCCC1)NCC(CO)c1ccccc1. The van der Waals surface area contributed by atoms with Gasteiger partial charge < -0.3 is 20.5 Å². The molecule has 1 aromatic rings. The molecule has 0 spiro atoms. The molecule has 1 atom stereocenters. The van der Waals surface area contributed by atoms with Crippen LogP contribution in [0.3, 0.4) is 0 Å². The second-order valence-electron chi connectivity index (χ2n) is 8.25. The monoisotopic (exact) mass is 402 g/mol. The zero-order valence-corrected chi connectivity index (χ0v) is 17.9. The van der Waals surface area contributed by atoms with Gasteiger partial charge in [-0.1, -0.05) is 49.6 Å². The highest BCUT2D eigenvalue weighted by Crippen LogP contribution is 2.34. The van der Waals surface area contributed by atoms with E-state index in [1.54, 1.807) is 0 Å². The lowest BCUT2D eigenvalue weighted by atomic mass is 9.80. The minimum absolute atomic E-state index is 0.0583. The van der Waals surface area contributed by atoms with Crippen molar-refractivity contribution in [1.82, 2.24) is 15.5 Å². The number of aliphatic hydroxyl groups is 1. The highest BCUT2D eigenvalue weighted by atomic mass is 16.5. The average Bonchev–Trinajstić information content (AvgIpc) is 2.80. The van der Waals surface area contributed by atoms with Crippen molar-refractivity contribution in [1.29, 1.82) is 0 Å². The molecular weight excluding hydrogens is 364 g/mol. The lowest BCUT2D eigenvalue weighted by Gasteiger charge is -2.47. The van der Waals surface area contributed by atoms with E-state index in [0.717, 1.165) is 50.9 Å². The van der Waals surface area contributed by atoms with Gasteiger partial charge in [-0.25, -0.2) is 0 Å². The van der Waals surface area contributed by atoms with Gasteiger partial charge in [0.05, 0.1) is 26.4 Å². The van der Waals surface area contributed by atoms with Crippen LogP contribution in [-0.4, -0.2) is 74.0 Å². The van der Waals surface area contributed by atoms with Crippen molar-refractivity contribution in [3.05, 3.63) is 35.9 Å². The summed E-state index contributed by atoms with van der Waals surface area (Å²) in [5, 5.41) is 16.7. The van der Waals surface area contributed by atoms with E-state index in [-0.39, 0.29) is 18.1 Å². The minimum atomic E-state index is 0.0583. The van der Waals surface area contributed by atoms with Gasteiger partial charge in [0.25, 0.3) is 0 Å². The molecule has 1 saturated heterocycles. The normalized spacial score (nSPS) is 21.5. The van der Waals surface area contributed by atoms with E-state index in [0.29, 0.717) is 6.54 Å². The molecule has 1 saturated carbocycles. The fourth-order valence-electron chi connectivity index (χ4n) is 4.62. The lowest BCUT2D eigenvalue weighted by Crippen LogP contribution is -2.56. The molecule has 162 valence electrons. The summed E-state index contributed by atoms with van der Waals surface area (Å²) in [6, 6.07) is 10.2. The van der Waals surface area contributed by atoms with E-state index < -0.39 is 0 Å². The lowest BCUT2D eigenvalue weighted by molar-refractivity contribution is -0.0333. The molecule has 0 bridgehead atoms. The molecule has 0 radical (unpaired) electrons. The fraction of sp³-hybridized carbons (Fsp3) is 0.696. The number of aliphatic imine (C=N–C) groups is 1. The number of hydrogen-bond donors (Lipinski definition) is 3. The van der Waals surface area contributed by atoms with Gasteiger partial charge >= 0.3 is 0 Å². The summed E-state index contributed by atoms with van der Waals surface area (Å²) in [7, 11) is 0. The van der Waals surface area contributed by atoms with Gasteiger partial charge in [-0.05, 0) is 25.3 Å². The third-order valence-electron chi connectivity index (χ3n) is 6.35. The van der Waals surface area contributed by atoms with Crippen LogP contribution in [0.25, 0.3) is 0 Å². The van der Waals surface area contributed by atoms with Crippen molar-refractivity contribution in [2.24, 2.45) is 4.99 Å². The molecule has 1 heterocycles. The highest BCUT2D eigenvalue weighted by molar-refractivity contribution is 5.79. The van der Waals surface area contributed by atoms with Crippen LogP contribution in [0.2, 0.25) is 0 Å². The first-order valence-corrected chi connectivity index (χ1v) is 11.3. The second-order valence-corrected chi connectivity index (χ2v) is 8.25. The standard InChI is InChI=1S/C23H38N4O2/c1-2-24-22(25-17-21(18-28)20-9-5-3-6-10-20)26-19-23(11-7-4-8-12-23)27-13-15-29-16-14-27/h3,5-6,9-10,21,28H,2,4,7-8,11-19H2,1H3,(H2,24,25,26). The Labute approximate surface area is 175 Å². The minimum Gasteiger partial charge on any atom is -0.396 e. The van der Waals surface area contributed by atoms with Gasteiger partial charge in [0, 0.05) is 37.6 Å². The number of nitrogens with one attached hydrogen (secondary N) is 2. The number of ether oxygens (including phenoxy) is 1. The summed E-state index contributed by atoms with van der Waals surface area (Å²) < 4.78 is 5.59. The Bertz CT molecular complexity index is 611. The van der Waals surface area contributed by atoms with Crippen LogP contribution in [0, 0.1) is 0 Å². The number of guanidine groups is 1. The second kappa shape index (κ2) is 11.5. The third kappa shape index (κ3) is 6.17. The Balaban J connectivity index is 1.66. The maximum atomic E-state index is 9.85. The van der Waals surface area contributed by atoms with Crippen LogP contribution in [0.5, 0.6) is 0 Å². The molecule has 0 amide bonds. The first-order chi connectivity index (χ1) is 14.3. The Morgan fingerprint density at radius 1 is 1.14 bits per heavy atom. The molecule has 29 heavy (non-hydrogen) atoms. The maximum Gasteiger partial charge on any atom is 0.191 e. The van der Waals surface area contributed by atoms with E-state index in [4.69, 9.17) is 9.73 Å². The van der Waals surface area contributed by atoms with Gasteiger partial charge in [0.2, 0.25) is 0 Å². The third-order valence-corrected chi connectivity index (χ3v) is 6.35. The predicted molar refractivity (Wildman–Crippen MR) is 118 cm³/mol. The van der Waals surface area contributed by atoms with E-state index in [1.807, 2.05) is 18.2 Å². The molecule has 3 N–H and O–H groups in total. The molecule has 0 aromatic heterocycles. The van der Waals surface area contributed by atoms with E-state index in [9.17, 15) is 5.11 Å². The van der Waals surface area contributed by atoms with E-state index >= 15 is 0 Å². The van der Waals surface area contributed by atoms with Gasteiger partial charge in [-0.15, -0.1) is 0 Å². The zero-order chi connectivity index (χ0) is 20.4. The van der Waals surface area contributed by atoms with E-state index in [1.165, 1.54) is 32.1 Å². The molecule has 6 nitrogen and oxygen atoms in total. The Kier molecular flexibility index (Phi) is 8.77. The van der Waals surface area contributed by atoms with Crippen molar-refractivity contribution in [2.75, 3.05) is 52.5 Å². The summed E-state index contributed by atoms with van der Waals surface area (Å²) in [6.07, 6.45) is 6.36. The largest absolute Gasteiger partial charge is 0.396 e. The fourth-order valence-corrected chi connectivity index (χ4v) is 4.62. The van der Waals surface area contributed by atoms with Crippen LogP contribution >= 0.6 is 0 Å². The molecule has 1 aromatic carbocycles. The predicted octanol–water partition coefficient (Wildman–Crippen LogP) is 2.35. The van der Waals surface area contributed by atoms with Gasteiger partial charge in [0.1, 0.15) is 0 Å². The van der Waals surface area contributed by atoms with Gasteiger partial charge in [0.15, 0.2) is 5.96 Å². The highest BCUT2D eigenvalue weighted by Gasteiger charge is 2.38. The number of nitrogens with zero attached hydrogens (tertiary/aromatic N) is 2. The summed E-state index contributed by atoms with van der Waals surface area (Å²) in [5.41, 5.74) is 1.32. The number of hydrogen-bond acceptors (Lipinski definition) is 4. The zero-order valence-electron chi connectivity index (χ0n) is 17.9. The molecule has 3 rings (SSSR count). The van der Waals surface area contributed by atoms with Crippen LogP contribution in [0.15, 0.2) is 35.3 Å². The molecule has 2 fully saturated rings. The molecular formula is C23H38N4O2. The Morgan fingerprint density at radius 2 is 1.86 bits per heavy atom.